The molecule has 2 atom stereocenters. The van der Waals surface area contributed by atoms with Crippen LogP contribution < -0.4 is 5.73 Å². The zero-order valence-electron chi connectivity index (χ0n) is 11.8. The van der Waals surface area contributed by atoms with Crippen molar-refractivity contribution in [2.45, 2.75) is 45.3 Å². The summed E-state index contributed by atoms with van der Waals surface area (Å²) in [5.41, 5.74) is 6.76. The van der Waals surface area contributed by atoms with Crippen LogP contribution in [0.3, 0.4) is 0 Å². The van der Waals surface area contributed by atoms with Gasteiger partial charge in [0.15, 0.2) is 0 Å². The van der Waals surface area contributed by atoms with Gasteiger partial charge in [-0.25, -0.2) is 9.97 Å². The average Bonchev–Trinajstić information content (AvgIpc) is 2.75. The molecule has 3 heterocycles. The number of nitrogens with two attached hydrogens (primary N) is 1. The maximum atomic E-state index is 5.81. The lowest BCUT2D eigenvalue weighted by atomic mass is 10.1. The molecule has 0 saturated carbocycles. The van der Waals surface area contributed by atoms with E-state index in [1.807, 2.05) is 13.0 Å². The van der Waals surface area contributed by atoms with Crippen LogP contribution in [0.15, 0.2) is 6.07 Å². The Labute approximate surface area is 114 Å². The third-order valence-corrected chi connectivity index (χ3v) is 4.33. The number of aromatic nitrogens is 2. The summed E-state index contributed by atoms with van der Waals surface area (Å²) in [5, 5.41) is 0. The second-order valence-corrected chi connectivity index (χ2v) is 5.92. The molecule has 2 fully saturated rings. The monoisotopic (exact) mass is 261 g/mol. The van der Waals surface area contributed by atoms with Crippen molar-refractivity contribution in [2.24, 2.45) is 0 Å². The number of hydrogen-bond donors (Lipinski definition) is 1. The molecule has 19 heavy (non-hydrogen) atoms. The quantitative estimate of drug-likeness (QED) is 0.862. The van der Waals surface area contributed by atoms with Crippen molar-refractivity contribution in [3.63, 3.8) is 0 Å². The Morgan fingerprint density at radius 3 is 3.00 bits per heavy atom. The van der Waals surface area contributed by atoms with E-state index in [0.717, 1.165) is 30.6 Å². The van der Waals surface area contributed by atoms with Crippen LogP contribution >= 0.6 is 0 Å². The largest absolute Gasteiger partial charge is 0.384 e. The molecule has 0 aromatic carbocycles. The number of hydrogen-bond acceptors (Lipinski definition) is 5. The molecule has 2 unspecified atom stereocenters. The molecular weight excluding hydrogens is 238 g/mol. The van der Waals surface area contributed by atoms with Gasteiger partial charge in [0.25, 0.3) is 0 Å². The SMILES string of the molecule is Cc1cc(N)nc(CN2CC3CCCN3CC2C)n1. The second kappa shape index (κ2) is 5.06. The fourth-order valence-electron chi connectivity index (χ4n) is 3.38. The predicted molar refractivity (Wildman–Crippen MR) is 75.6 cm³/mol. The van der Waals surface area contributed by atoms with Gasteiger partial charge in [-0.2, -0.15) is 0 Å². The Kier molecular flexibility index (Phi) is 3.41. The van der Waals surface area contributed by atoms with E-state index in [0.29, 0.717) is 11.9 Å². The van der Waals surface area contributed by atoms with Gasteiger partial charge in [0.1, 0.15) is 11.6 Å². The molecule has 3 rings (SSSR count). The average molecular weight is 261 g/mol. The summed E-state index contributed by atoms with van der Waals surface area (Å²) in [5.74, 6) is 1.44. The van der Waals surface area contributed by atoms with Gasteiger partial charge in [-0.05, 0) is 33.2 Å². The molecule has 0 spiro atoms. The highest BCUT2D eigenvalue weighted by Crippen LogP contribution is 2.25. The second-order valence-electron chi connectivity index (χ2n) is 5.92. The number of rotatable bonds is 2. The molecule has 1 aromatic rings. The Morgan fingerprint density at radius 2 is 2.21 bits per heavy atom. The van der Waals surface area contributed by atoms with E-state index in [1.54, 1.807) is 0 Å². The molecule has 5 heteroatoms. The van der Waals surface area contributed by atoms with Crippen LogP contribution in [0.25, 0.3) is 0 Å². The summed E-state index contributed by atoms with van der Waals surface area (Å²) in [7, 11) is 0. The number of piperazine rings is 1. The summed E-state index contributed by atoms with van der Waals surface area (Å²) in [6.45, 7) is 8.67. The van der Waals surface area contributed by atoms with E-state index in [9.17, 15) is 0 Å². The number of nitrogens with zero attached hydrogens (tertiary/aromatic N) is 4. The van der Waals surface area contributed by atoms with E-state index >= 15 is 0 Å². The third-order valence-electron chi connectivity index (χ3n) is 4.33. The topological polar surface area (TPSA) is 58.3 Å². The minimum atomic E-state index is 0.569. The van der Waals surface area contributed by atoms with Crippen molar-refractivity contribution < 1.29 is 0 Å². The van der Waals surface area contributed by atoms with Crippen LogP contribution in [0, 0.1) is 6.92 Å². The van der Waals surface area contributed by atoms with Gasteiger partial charge in [0, 0.05) is 36.9 Å². The number of nitrogen functional groups attached to an aromatic ring is 1. The fourth-order valence-corrected chi connectivity index (χ4v) is 3.38. The number of fused-ring (bicyclic) bond motifs is 1. The van der Waals surface area contributed by atoms with Crippen molar-refractivity contribution in [2.75, 3.05) is 25.4 Å². The highest BCUT2D eigenvalue weighted by Gasteiger charge is 2.34. The molecule has 2 aliphatic rings. The molecular formula is C14H23N5. The highest BCUT2D eigenvalue weighted by molar-refractivity contribution is 5.29. The minimum absolute atomic E-state index is 0.569. The van der Waals surface area contributed by atoms with E-state index in [1.165, 1.54) is 25.9 Å². The van der Waals surface area contributed by atoms with Crippen molar-refractivity contribution in [1.82, 2.24) is 19.8 Å². The molecule has 104 valence electrons. The first-order chi connectivity index (χ1) is 9.11. The van der Waals surface area contributed by atoms with Crippen molar-refractivity contribution >= 4 is 5.82 Å². The van der Waals surface area contributed by atoms with Gasteiger partial charge >= 0.3 is 0 Å². The van der Waals surface area contributed by atoms with Gasteiger partial charge in [-0.1, -0.05) is 0 Å². The first kappa shape index (κ1) is 12.8. The summed E-state index contributed by atoms with van der Waals surface area (Å²) in [4.78, 5) is 14.0. The van der Waals surface area contributed by atoms with Gasteiger partial charge < -0.3 is 5.73 Å². The third kappa shape index (κ3) is 2.72. The Bertz CT molecular complexity index is 441. The number of aryl methyl sites for hydroxylation is 1. The lowest BCUT2D eigenvalue weighted by Crippen LogP contribution is -2.54. The van der Waals surface area contributed by atoms with Crippen molar-refractivity contribution in [1.29, 1.82) is 0 Å². The zero-order valence-corrected chi connectivity index (χ0v) is 11.8. The van der Waals surface area contributed by atoms with Crippen LogP contribution in [-0.4, -0.2) is 51.5 Å². The minimum Gasteiger partial charge on any atom is -0.384 e. The molecule has 0 bridgehead atoms. The van der Waals surface area contributed by atoms with Gasteiger partial charge in [0.2, 0.25) is 0 Å². The van der Waals surface area contributed by atoms with E-state index in [-0.39, 0.29) is 0 Å². The Balaban J connectivity index is 1.71. The molecule has 5 nitrogen and oxygen atoms in total. The summed E-state index contributed by atoms with van der Waals surface area (Å²) in [6, 6.07) is 3.13. The summed E-state index contributed by atoms with van der Waals surface area (Å²) < 4.78 is 0. The van der Waals surface area contributed by atoms with E-state index < -0.39 is 0 Å². The molecule has 1 aromatic heterocycles. The molecule has 2 N–H and O–H groups in total. The molecule has 2 aliphatic heterocycles. The highest BCUT2D eigenvalue weighted by atomic mass is 15.3. The van der Waals surface area contributed by atoms with Gasteiger partial charge in [-0.3, -0.25) is 9.80 Å². The maximum Gasteiger partial charge on any atom is 0.144 e. The van der Waals surface area contributed by atoms with E-state index in [2.05, 4.69) is 26.7 Å². The lowest BCUT2D eigenvalue weighted by molar-refractivity contribution is 0.0522. The zero-order chi connectivity index (χ0) is 13.4. The van der Waals surface area contributed by atoms with Crippen LogP contribution in [0.5, 0.6) is 0 Å². The number of anilines is 1. The van der Waals surface area contributed by atoms with Gasteiger partial charge in [0.05, 0.1) is 6.54 Å². The van der Waals surface area contributed by atoms with Crippen molar-refractivity contribution in [3.05, 3.63) is 17.6 Å². The molecule has 0 aliphatic carbocycles. The molecule has 2 saturated heterocycles. The normalized spacial score (nSPS) is 28.5. The standard InChI is InChI=1S/C14H23N5/c1-10-6-13(15)17-14(16-10)9-19-8-12-4-3-5-18(12)7-11(19)2/h6,11-12H,3-5,7-9H2,1-2H3,(H2,15,16,17). The molecule has 0 radical (unpaired) electrons. The van der Waals surface area contributed by atoms with Crippen molar-refractivity contribution in [3.8, 4) is 0 Å². The first-order valence-electron chi connectivity index (χ1n) is 7.20. The predicted octanol–water partition coefficient (Wildman–Crippen LogP) is 1.04. The van der Waals surface area contributed by atoms with Crippen LogP contribution in [0.2, 0.25) is 0 Å². The molecule has 0 amide bonds. The van der Waals surface area contributed by atoms with Crippen LogP contribution in [0.4, 0.5) is 5.82 Å². The lowest BCUT2D eigenvalue weighted by Gasteiger charge is -2.42. The smallest absolute Gasteiger partial charge is 0.144 e. The Morgan fingerprint density at radius 1 is 1.37 bits per heavy atom. The van der Waals surface area contributed by atoms with Crippen LogP contribution in [-0.2, 0) is 6.54 Å². The maximum absolute atomic E-state index is 5.81. The summed E-state index contributed by atoms with van der Waals surface area (Å²) >= 11 is 0. The van der Waals surface area contributed by atoms with Crippen LogP contribution in [0.1, 0.15) is 31.3 Å². The Hall–Kier alpha value is -1.20. The fraction of sp³-hybridized carbons (Fsp3) is 0.714. The summed E-state index contributed by atoms with van der Waals surface area (Å²) in [6.07, 6.45) is 2.68. The van der Waals surface area contributed by atoms with Gasteiger partial charge in [-0.15, -0.1) is 0 Å². The first-order valence-corrected chi connectivity index (χ1v) is 7.20. The van der Waals surface area contributed by atoms with E-state index in [4.69, 9.17) is 5.73 Å².